The molecule has 0 spiro atoms. The molecule has 4 heterocycles. The summed E-state index contributed by atoms with van der Waals surface area (Å²) in [5.74, 6) is -2.05. The second-order valence-electron chi connectivity index (χ2n) is 11.8. The van der Waals surface area contributed by atoms with E-state index in [1.165, 1.54) is 28.7 Å². The van der Waals surface area contributed by atoms with Gasteiger partial charge in [0.15, 0.2) is 6.61 Å². The number of para-hydroxylation sites is 1. The molecule has 1 unspecified atom stereocenters. The van der Waals surface area contributed by atoms with Crippen LogP contribution in [0.25, 0.3) is 10.9 Å². The van der Waals surface area contributed by atoms with E-state index < -0.39 is 29.9 Å². The maximum atomic E-state index is 13.5. The average Bonchev–Trinajstić information content (AvgIpc) is 3.78. The van der Waals surface area contributed by atoms with E-state index in [0.717, 1.165) is 19.5 Å². The first kappa shape index (κ1) is 32.9. The monoisotopic (exact) mass is 638 g/mol. The molecule has 3 aliphatic heterocycles. The molecule has 2 atom stereocenters. The van der Waals surface area contributed by atoms with Crippen molar-refractivity contribution in [3.8, 4) is 5.75 Å². The van der Waals surface area contributed by atoms with Gasteiger partial charge >= 0.3 is 12.1 Å². The smallest absolute Gasteiger partial charge is 0.409 e. The third-order valence-electron chi connectivity index (χ3n) is 8.80. The third-order valence-corrected chi connectivity index (χ3v) is 8.80. The van der Waals surface area contributed by atoms with Crippen LogP contribution in [0.3, 0.4) is 0 Å². The minimum absolute atomic E-state index is 0.0309. The highest BCUT2D eigenvalue weighted by molar-refractivity contribution is 5.99. The fraction of sp³-hybridized carbons (Fsp3) is 0.562. The van der Waals surface area contributed by atoms with Crippen LogP contribution in [0.4, 0.5) is 4.79 Å². The zero-order valence-corrected chi connectivity index (χ0v) is 26.2. The van der Waals surface area contributed by atoms with Gasteiger partial charge in [0.05, 0.1) is 12.1 Å². The lowest BCUT2D eigenvalue weighted by molar-refractivity contribution is -0.138. The van der Waals surface area contributed by atoms with Gasteiger partial charge in [-0.25, -0.2) is 9.78 Å². The zero-order chi connectivity index (χ0) is 32.6. The van der Waals surface area contributed by atoms with Gasteiger partial charge in [-0.05, 0) is 57.8 Å². The Hall–Kier alpha value is -4.46. The van der Waals surface area contributed by atoms with Crippen molar-refractivity contribution in [3.63, 3.8) is 0 Å². The van der Waals surface area contributed by atoms with Crippen LogP contribution in [0.15, 0.2) is 30.3 Å². The minimum atomic E-state index is -1.13. The molecular formula is C32H42N6O8. The quantitative estimate of drug-likeness (QED) is 0.370. The number of hydrogen-bond donors (Lipinski definition) is 2. The fourth-order valence-corrected chi connectivity index (χ4v) is 6.29. The van der Waals surface area contributed by atoms with E-state index in [1.54, 1.807) is 25.1 Å². The maximum absolute atomic E-state index is 13.5. The van der Waals surface area contributed by atoms with Crippen LogP contribution in [0.1, 0.15) is 49.5 Å². The molecule has 0 aliphatic carbocycles. The van der Waals surface area contributed by atoms with Crippen molar-refractivity contribution in [3.05, 3.63) is 36.0 Å². The molecule has 5 rings (SSSR count). The highest BCUT2D eigenvalue weighted by Crippen LogP contribution is 2.26. The predicted molar refractivity (Wildman–Crippen MR) is 166 cm³/mol. The van der Waals surface area contributed by atoms with Crippen LogP contribution >= 0.6 is 0 Å². The summed E-state index contributed by atoms with van der Waals surface area (Å²) < 4.78 is 11.0. The molecule has 1 aromatic heterocycles. The number of ether oxygens (including phenoxy) is 2. The second-order valence-corrected chi connectivity index (χ2v) is 11.8. The van der Waals surface area contributed by atoms with Crippen molar-refractivity contribution in [1.29, 1.82) is 0 Å². The molecule has 0 bridgehead atoms. The van der Waals surface area contributed by atoms with Crippen molar-refractivity contribution in [2.24, 2.45) is 0 Å². The number of carboxylic acid groups (broad SMARTS) is 1. The van der Waals surface area contributed by atoms with Gasteiger partial charge in [0, 0.05) is 63.2 Å². The van der Waals surface area contributed by atoms with Gasteiger partial charge in [-0.1, -0.05) is 12.1 Å². The predicted octanol–water partition coefficient (Wildman–Crippen LogP) is 1.57. The molecule has 248 valence electrons. The summed E-state index contributed by atoms with van der Waals surface area (Å²) in [5, 5.41) is 12.6. The van der Waals surface area contributed by atoms with Gasteiger partial charge in [0.2, 0.25) is 5.91 Å². The Morgan fingerprint density at radius 2 is 1.70 bits per heavy atom. The number of pyridine rings is 1. The van der Waals surface area contributed by atoms with Gasteiger partial charge < -0.3 is 34.6 Å². The SMILES string of the molecule is CCOC(=O)N1CCN(C(=O)C(CCC(=O)O)NC(=O)c2cc(OCC(=O)N3CC[C@H](N4CCCC4)C3)c3ccccc3n2)CC1. The van der Waals surface area contributed by atoms with Crippen molar-refractivity contribution < 1.29 is 38.6 Å². The van der Waals surface area contributed by atoms with Gasteiger partial charge in [-0.15, -0.1) is 0 Å². The molecule has 0 radical (unpaired) electrons. The highest BCUT2D eigenvalue weighted by atomic mass is 16.6. The Morgan fingerprint density at radius 3 is 2.41 bits per heavy atom. The number of carbonyl (C=O) groups excluding carboxylic acids is 4. The first-order valence-corrected chi connectivity index (χ1v) is 16.0. The topological polar surface area (TPSA) is 162 Å². The van der Waals surface area contributed by atoms with E-state index >= 15 is 0 Å². The van der Waals surface area contributed by atoms with E-state index in [-0.39, 0.29) is 63.8 Å². The second kappa shape index (κ2) is 15.2. The number of nitrogens with zero attached hydrogens (tertiary/aromatic N) is 5. The molecule has 1 aromatic carbocycles. The lowest BCUT2D eigenvalue weighted by atomic mass is 10.1. The molecule has 3 aliphatic rings. The van der Waals surface area contributed by atoms with Crippen LogP contribution in [0.5, 0.6) is 5.75 Å². The number of aliphatic carboxylic acids is 1. The lowest BCUT2D eigenvalue weighted by Gasteiger charge is -2.35. The van der Waals surface area contributed by atoms with Crippen LogP contribution < -0.4 is 10.1 Å². The van der Waals surface area contributed by atoms with E-state index in [4.69, 9.17) is 9.47 Å². The molecule has 3 fully saturated rings. The maximum Gasteiger partial charge on any atom is 0.409 e. The fourth-order valence-electron chi connectivity index (χ4n) is 6.29. The summed E-state index contributed by atoms with van der Waals surface area (Å²) in [6, 6.07) is 7.78. The van der Waals surface area contributed by atoms with Gasteiger partial charge in [-0.3, -0.25) is 24.1 Å². The average molecular weight is 639 g/mol. The molecule has 2 N–H and O–H groups in total. The number of piperazine rings is 1. The number of aromatic nitrogens is 1. The number of likely N-dealkylation sites (tertiary alicyclic amines) is 2. The molecule has 4 amide bonds. The largest absolute Gasteiger partial charge is 0.483 e. The Kier molecular flexibility index (Phi) is 10.9. The van der Waals surface area contributed by atoms with E-state index in [2.05, 4.69) is 15.2 Å². The standard InChI is InChI=1S/C32H42N6O8/c1-2-45-32(44)37-17-15-36(16-18-37)31(43)25(9-10-29(40)41)34-30(42)26-19-27(23-7-3-4-8-24(23)33-26)46-21-28(39)38-14-11-22(20-38)35-12-5-6-13-35/h3-4,7-8,19,22,25H,2,5-6,9-18,20-21H2,1H3,(H,34,42)(H,40,41)/t22-,25?/m0/s1. The number of fused-ring (bicyclic) bond motifs is 1. The molecule has 14 heteroatoms. The number of carboxylic acids is 1. The molecule has 0 saturated carbocycles. The van der Waals surface area contributed by atoms with Crippen LogP contribution in [-0.4, -0.2) is 137 Å². The normalized spacial score (nSPS) is 19.2. The summed E-state index contributed by atoms with van der Waals surface area (Å²) in [6.45, 7) is 6.21. The zero-order valence-electron chi connectivity index (χ0n) is 26.2. The highest BCUT2D eigenvalue weighted by Gasteiger charge is 2.33. The number of hydrogen-bond acceptors (Lipinski definition) is 9. The molecule has 14 nitrogen and oxygen atoms in total. The summed E-state index contributed by atoms with van der Waals surface area (Å²) in [4.78, 5) is 75.2. The summed E-state index contributed by atoms with van der Waals surface area (Å²) >= 11 is 0. The van der Waals surface area contributed by atoms with Crippen molar-refractivity contribution in [2.45, 2.75) is 51.1 Å². The van der Waals surface area contributed by atoms with Crippen LogP contribution in [-0.2, 0) is 19.1 Å². The number of nitrogens with one attached hydrogen (secondary N) is 1. The minimum Gasteiger partial charge on any atom is -0.483 e. The summed E-state index contributed by atoms with van der Waals surface area (Å²) in [5.41, 5.74) is 0.438. The molecule has 2 aromatic rings. The first-order valence-electron chi connectivity index (χ1n) is 16.0. The van der Waals surface area contributed by atoms with E-state index in [0.29, 0.717) is 35.8 Å². The summed E-state index contributed by atoms with van der Waals surface area (Å²) in [7, 11) is 0. The Morgan fingerprint density at radius 1 is 0.978 bits per heavy atom. The Labute approximate surface area is 267 Å². The van der Waals surface area contributed by atoms with Gasteiger partial charge in [0.25, 0.3) is 11.8 Å². The first-order chi connectivity index (χ1) is 22.2. The van der Waals surface area contributed by atoms with Crippen LogP contribution in [0, 0.1) is 0 Å². The van der Waals surface area contributed by atoms with E-state index in [1.807, 2.05) is 11.0 Å². The van der Waals surface area contributed by atoms with Crippen molar-refractivity contribution in [1.82, 2.24) is 29.9 Å². The number of carbonyl (C=O) groups is 5. The number of rotatable bonds is 11. The van der Waals surface area contributed by atoms with Gasteiger partial charge in [0.1, 0.15) is 17.5 Å². The molecule has 3 saturated heterocycles. The van der Waals surface area contributed by atoms with Crippen LogP contribution in [0.2, 0.25) is 0 Å². The van der Waals surface area contributed by atoms with Crippen molar-refractivity contribution >= 4 is 40.7 Å². The molecule has 46 heavy (non-hydrogen) atoms. The Bertz CT molecular complexity index is 1440. The number of benzene rings is 1. The number of amides is 4. The van der Waals surface area contributed by atoms with E-state index in [9.17, 15) is 29.1 Å². The molecular weight excluding hydrogens is 596 g/mol. The summed E-state index contributed by atoms with van der Waals surface area (Å²) in [6.07, 6.45) is 2.41. The lowest BCUT2D eigenvalue weighted by Crippen LogP contribution is -2.56. The van der Waals surface area contributed by atoms with Crippen molar-refractivity contribution in [2.75, 3.05) is 65.6 Å². The third kappa shape index (κ3) is 8.03. The van der Waals surface area contributed by atoms with Gasteiger partial charge in [-0.2, -0.15) is 0 Å². The Balaban J connectivity index is 1.26.